The van der Waals surface area contributed by atoms with Crippen LogP contribution in [0.3, 0.4) is 0 Å². The van der Waals surface area contributed by atoms with E-state index in [4.69, 9.17) is 16.3 Å². The predicted octanol–water partition coefficient (Wildman–Crippen LogP) is 6.04. The van der Waals surface area contributed by atoms with Crippen LogP contribution in [0.1, 0.15) is 16.7 Å². The van der Waals surface area contributed by atoms with Crippen molar-refractivity contribution in [3.05, 3.63) is 93.3 Å². The van der Waals surface area contributed by atoms with Crippen LogP contribution in [0.2, 0.25) is 5.02 Å². The first-order valence-corrected chi connectivity index (χ1v) is 10.9. The van der Waals surface area contributed by atoms with Gasteiger partial charge in [0.25, 0.3) is 11.8 Å². The predicted molar refractivity (Wildman–Crippen MR) is 126 cm³/mol. The number of anilines is 1. The minimum absolute atomic E-state index is 0.329. The lowest BCUT2D eigenvalue weighted by Crippen LogP contribution is -2.32. The van der Waals surface area contributed by atoms with Gasteiger partial charge in [-0.15, -0.1) is 0 Å². The zero-order valence-electron chi connectivity index (χ0n) is 17.3. The van der Waals surface area contributed by atoms with E-state index in [1.54, 1.807) is 43.5 Å². The van der Waals surface area contributed by atoms with Gasteiger partial charge in [0.05, 0.1) is 23.3 Å². The summed E-state index contributed by atoms with van der Waals surface area (Å²) in [6, 6.07) is 20.1. The third-order valence-electron chi connectivity index (χ3n) is 5.06. The van der Waals surface area contributed by atoms with E-state index in [9.17, 15) is 9.59 Å². The molecule has 0 unspecified atom stereocenters. The Morgan fingerprint density at radius 2 is 1.55 bits per heavy atom. The highest BCUT2D eigenvalue weighted by Crippen LogP contribution is 2.42. The number of ether oxygens (including phenoxy) is 1. The van der Waals surface area contributed by atoms with E-state index < -0.39 is 0 Å². The zero-order chi connectivity index (χ0) is 22.1. The number of nitrogens with zero attached hydrogens (tertiary/aromatic N) is 1. The van der Waals surface area contributed by atoms with Crippen LogP contribution in [0.5, 0.6) is 5.75 Å². The van der Waals surface area contributed by atoms with E-state index in [1.807, 2.05) is 44.2 Å². The molecule has 3 aromatic rings. The first-order chi connectivity index (χ1) is 14.9. The van der Waals surface area contributed by atoms with Gasteiger partial charge in [-0.3, -0.25) is 9.59 Å². The molecule has 0 fully saturated rings. The Hall–Kier alpha value is -3.02. The van der Waals surface area contributed by atoms with Crippen molar-refractivity contribution in [1.29, 1.82) is 0 Å². The van der Waals surface area contributed by atoms with Gasteiger partial charge in [-0.1, -0.05) is 47.6 Å². The Balaban J connectivity index is 1.83. The van der Waals surface area contributed by atoms with Crippen molar-refractivity contribution in [2.75, 3.05) is 12.0 Å². The summed E-state index contributed by atoms with van der Waals surface area (Å²) in [6.45, 7) is 3.84. The van der Waals surface area contributed by atoms with Gasteiger partial charge < -0.3 is 4.74 Å². The fourth-order valence-corrected chi connectivity index (χ4v) is 4.54. The summed E-state index contributed by atoms with van der Waals surface area (Å²) in [5, 5.41) is 0.611. The van der Waals surface area contributed by atoms with Crippen LogP contribution in [0, 0.1) is 13.8 Å². The summed E-state index contributed by atoms with van der Waals surface area (Å²) in [4.78, 5) is 29.6. The Kier molecular flexibility index (Phi) is 5.90. The van der Waals surface area contributed by atoms with Crippen LogP contribution in [-0.4, -0.2) is 18.9 Å². The van der Waals surface area contributed by atoms with Crippen molar-refractivity contribution in [3.63, 3.8) is 0 Å². The van der Waals surface area contributed by atoms with E-state index in [0.29, 0.717) is 32.5 Å². The Labute approximate surface area is 190 Å². The number of amides is 2. The van der Waals surface area contributed by atoms with E-state index in [2.05, 4.69) is 0 Å². The molecule has 0 aromatic heterocycles. The molecule has 0 saturated heterocycles. The fraction of sp³-hybridized carbons (Fsp3) is 0.120. The average molecular weight is 450 g/mol. The molecular weight excluding hydrogens is 430 g/mol. The highest BCUT2D eigenvalue weighted by atomic mass is 35.5. The van der Waals surface area contributed by atoms with E-state index >= 15 is 0 Å². The molecule has 4 rings (SSSR count). The Morgan fingerprint density at radius 1 is 0.871 bits per heavy atom. The molecule has 156 valence electrons. The molecule has 0 saturated carbocycles. The number of hydrogen-bond donors (Lipinski definition) is 0. The van der Waals surface area contributed by atoms with Crippen molar-refractivity contribution in [1.82, 2.24) is 0 Å². The molecule has 0 atom stereocenters. The number of hydrogen-bond acceptors (Lipinski definition) is 4. The number of methoxy groups -OCH3 is 1. The van der Waals surface area contributed by atoms with Gasteiger partial charge in [0, 0.05) is 9.92 Å². The second-order valence-corrected chi connectivity index (χ2v) is 8.74. The minimum atomic E-state index is -0.333. The number of benzene rings is 3. The fourth-order valence-electron chi connectivity index (χ4n) is 3.42. The van der Waals surface area contributed by atoms with Crippen molar-refractivity contribution in [2.24, 2.45) is 0 Å². The maximum Gasteiger partial charge on any atom is 0.272 e. The number of imide groups is 1. The highest BCUT2D eigenvalue weighted by molar-refractivity contribution is 8.04. The summed E-state index contributed by atoms with van der Waals surface area (Å²) in [7, 11) is 1.59. The summed E-state index contributed by atoms with van der Waals surface area (Å²) in [5.41, 5.74) is 3.50. The van der Waals surface area contributed by atoms with Crippen LogP contribution in [0.15, 0.2) is 76.5 Å². The second kappa shape index (κ2) is 8.61. The number of carbonyl (C=O) groups is 2. The summed E-state index contributed by atoms with van der Waals surface area (Å²) >= 11 is 7.28. The molecule has 1 aliphatic rings. The van der Waals surface area contributed by atoms with Crippen molar-refractivity contribution in [3.8, 4) is 5.75 Å². The number of carbonyl (C=O) groups excluding carboxylic acids is 2. The van der Waals surface area contributed by atoms with Gasteiger partial charge in [-0.05, 0) is 73.0 Å². The van der Waals surface area contributed by atoms with Gasteiger partial charge in [-0.2, -0.15) is 0 Å². The van der Waals surface area contributed by atoms with Crippen LogP contribution in [0.4, 0.5) is 5.69 Å². The quantitative estimate of drug-likeness (QED) is 0.445. The Bertz CT molecular complexity index is 1200. The molecule has 4 nitrogen and oxygen atoms in total. The minimum Gasteiger partial charge on any atom is -0.497 e. The van der Waals surface area contributed by atoms with Gasteiger partial charge in [0.2, 0.25) is 0 Å². The van der Waals surface area contributed by atoms with Crippen molar-refractivity contribution >= 4 is 46.4 Å². The first-order valence-electron chi connectivity index (χ1n) is 9.67. The van der Waals surface area contributed by atoms with E-state index in [-0.39, 0.29) is 11.8 Å². The third kappa shape index (κ3) is 4.11. The molecule has 0 bridgehead atoms. The van der Waals surface area contributed by atoms with Crippen molar-refractivity contribution < 1.29 is 14.3 Å². The average Bonchev–Trinajstić information content (AvgIpc) is 3.01. The number of rotatable bonds is 5. The maximum atomic E-state index is 13.6. The van der Waals surface area contributed by atoms with Crippen LogP contribution < -0.4 is 9.64 Å². The van der Waals surface area contributed by atoms with Crippen LogP contribution in [0.25, 0.3) is 5.57 Å². The number of thioether (sulfide) groups is 1. The maximum absolute atomic E-state index is 13.6. The lowest BCUT2D eigenvalue weighted by Gasteiger charge is -2.18. The summed E-state index contributed by atoms with van der Waals surface area (Å²) in [5.74, 6) is 0.0178. The molecule has 3 aromatic carbocycles. The third-order valence-corrected chi connectivity index (χ3v) is 6.40. The summed E-state index contributed by atoms with van der Waals surface area (Å²) in [6.07, 6.45) is 0. The second-order valence-electron chi connectivity index (χ2n) is 7.22. The topological polar surface area (TPSA) is 46.6 Å². The van der Waals surface area contributed by atoms with Crippen LogP contribution in [-0.2, 0) is 9.59 Å². The normalized spacial score (nSPS) is 13.9. The summed E-state index contributed by atoms with van der Waals surface area (Å²) < 4.78 is 5.24. The van der Waals surface area contributed by atoms with E-state index in [1.165, 1.54) is 16.7 Å². The molecule has 0 N–H and O–H groups in total. The zero-order valence-corrected chi connectivity index (χ0v) is 18.9. The molecule has 1 aliphatic heterocycles. The van der Waals surface area contributed by atoms with Gasteiger partial charge in [0.1, 0.15) is 5.75 Å². The molecule has 1 heterocycles. The first kappa shape index (κ1) is 21.2. The molecule has 2 amide bonds. The highest BCUT2D eigenvalue weighted by Gasteiger charge is 2.41. The molecule has 0 spiro atoms. The monoisotopic (exact) mass is 449 g/mol. The molecular formula is C25H20ClNO3S. The molecule has 31 heavy (non-hydrogen) atoms. The standard InChI is InChI=1S/C25H20ClNO3S/c1-15-4-5-16(2)21(14-15)27-24(28)22(17-6-10-19(30-3)11-7-17)23(25(27)29)31-20-12-8-18(26)9-13-20/h4-14H,1-3H3. The Morgan fingerprint density at radius 3 is 2.19 bits per heavy atom. The van der Waals surface area contributed by atoms with Gasteiger partial charge in [-0.25, -0.2) is 4.90 Å². The number of aryl methyl sites for hydroxylation is 2. The van der Waals surface area contributed by atoms with E-state index in [0.717, 1.165) is 16.0 Å². The molecule has 0 aliphatic carbocycles. The van der Waals surface area contributed by atoms with Gasteiger partial charge >= 0.3 is 0 Å². The van der Waals surface area contributed by atoms with Crippen molar-refractivity contribution in [2.45, 2.75) is 18.7 Å². The number of halogens is 1. The van der Waals surface area contributed by atoms with Gasteiger partial charge in [0.15, 0.2) is 0 Å². The lowest BCUT2D eigenvalue weighted by molar-refractivity contribution is -0.119. The largest absolute Gasteiger partial charge is 0.497 e. The SMILES string of the molecule is COc1ccc(C2=C(Sc3ccc(Cl)cc3)C(=O)N(c3cc(C)ccc3C)C2=O)cc1. The lowest BCUT2D eigenvalue weighted by atomic mass is 10.1. The van der Waals surface area contributed by atoms with Crippen LogP contribution >= 0.6 is 23.4 Å². The smallest absolute Gasteiger partial charge is 0.272 e. The molecule has 6 heteroatoms. The molecule has 0 radical (unpaired) electrons.